The van der Waals surface area contributed by atoms with Crippen LogP contribution in [0, 0.1) is 0 Å². The second-order valence-electron chi connectivity index (χ2n) is 6.70. The number of morpholine rings is 1. The fraction of sp³-hybridized carbons (Fsp3) is 0.562. The van der Waals surface area contributed by atoms with Gasteiger partial charge in [0.2, 0.25) is 0 Å². The molecular formula is C16H20F3N3O4. The number of alkyl halides is 3. The van der Waals surface area contributed by atoms with Crippen molar-refractivity contribution in [1.82, 2.24) is 9.88 Å². The van der Waals surface area contributed by atoms with Gasteiger partial charge in [0, 0.05) is 12.7 Å². The first kappa shape index (κ1) is 20.0. The van der Waals surface area contributed by atoms with Gasteiger partial charge in [-0.25, -0.2) is 9.78 Å². The minimum atomic E-state index is -4.50. The Morgan fingerprint density at radius 3 is 2.54 bits per heavy atom. The molecule has 144 valence electrons. The predicted octanol–water partition coefficient (Wildman–Crippen LogP) is 2.67. The monoisotopic (exact) mass is 375 g/mol. The molecule has 0 saturated carbocycles. The average molecular weight is 375 g/mol. The first-order chi connectivity index (χ1) is 12.0. The summed E-state index contributed by atoms with van der Waals surface area (Å²) in [5, 5.41) is 2.38. The van der Waals surface area contributed by atoms with Crippen LogP contribution in [0.25, 0.3) is 0 Å². The molecule has 1 aliphatic rings. The SMILES string of the molecule is CC(C)(C)OC(=O)N1CCOC(C(=O)Nc2ccc(C(F)(F)F)cn2)C1. The zero-order chi connectivity index (χ0) is 19.5. The molecule has 1 N–H and O–H groups in total. The predicted molar refractivity (Wildman–Crippen MR) is 85.4 cm³/mol. The molecule has 1 unspecified atom stereocenters. The van der Waals surface area contributed by atoms with Crippen molar-refractivity contribution in [1.29, 1.82) is 0 Å². The van der Waals surface area contributed by atoms with Crippen LogP contribution in [0.15, 0.2) is 18.3 Å². The number of ether oxygens (including phenoxy) is 2. The molecule has 2 rings (SSSR count). The van der Waals surface area contributed by atoms with E-state index in [2.05, 4.69) is 10.3 Å². The molecule has 1 aliphatic heterocycles. The third kappa shape index (κ3) is 5.58. The van der Waals surface area contributed by atoms with Gasteiger partial charge in [0.05, 0.1) is 18.7 Å². The molecule has 7 nitrogen and oxygen atoms in total. The van der Waals surface area contributed by atoms with Crippen molar-refractivity contribution in [2.24, 2.45) is 0 Å². The van der Waals surface area contributed by atoms with Crippen LogP contribution in [0.2, 0.25) is 0 Å². The maximum Gasteiger partial charge on any atom is 0.417 e. The van der Waals surface area contributed by atoms with Crippen LogP contribution >= 0.6 is 0 Å². The molecule has 10 heteroatoms. The number of carbonyl (C=O) groups excluding carboxylic acids is 2. The molecule has 0 aliphatic carbocycles. The third-order valence-electron chi connectivity index (χ3n) is 3.35. The Morgan fingerprint density at radius 2 is 2.00 bits per heavy atom. The van der Waals surface area contributed by atoms with E-state index in [1.54, 1.807) is 20.8 Å². The molecule has 1 fully saturated rings. The second kappa shape index (κ2) is 7.48. The molecule has 2 amide bonds. The second-order valence-corrected chi connectivity index (χ2v) is 6.70. The smallest absolute Gasteiger partial charge is 0.417 e. The van der Waals surface area contributed by atoms with Crippen molar-refractivity contribution < 1.29 is 32.2 Å². The van der Waals surface area contributed by atoms with E-state index in [1.807, 2.05) is 0 Å². The fourth-order valence-corrected chi connectivity index (χ4v) is 2.14. The minimum Gasteiger partial charge on any atom is -0.444 e. The van der Waals surface area contributed by atoms with Gasteiger partial charge >= 0.3 is 12.3 Å². The maximum absolute atomic E-state index is 12.5. The highest BCUT2D eigenvalue weighted by Gasteiger charge is 2.33. The summed E-state index contributed by atoms with van der Waals surface area (Å²) in [5.74, 6) is -0.647. The first-order valence-corrected chi connectivity index (χ1v) is 7.89. The van der Waals surface area contributed by atoms with Gasteiger partial charge in [0.25, 0.3) is 5.91 Å². The van der Waals surface area contributed by atoms with Crippen LogP contribution in [0.3, 0.4) is 0 Å². The van der Waals surface area contributed by atoms with Crippen LogP contribution in [0.4, 0.5) is 23.8 Å². The van der Waals surface area contributed by atoms with Gasteiger partial charge in [-0.3, -0.25) is 4.79 Å². The number of aromatic nitrogens is 1. The van der Waals surface area contributed by atoms with E-state index >= 15 is 0 Å². The van der Waals surface area contributed by atoms with Crippen molar-refractivity contribution in [3.63, 3.8) is 0 Å². The molecule has 0 spiro atoms. The minimum absolute atomic E-state index is 0.0264. The molecule has 1 atom stereocenters. The molecule has 0 bridgehead atoms. The number of pyridine rings is 1. The summed E-state index contributed by atoms with van der Waals surface area (Å²) >= 11 is 0. The molecule has 26 heavy (non-hydrogen) atoms. The average Bonchev–Trinajstić information content (AvgIpc) is 2.53. The number of hydrogen-bond donors (Lipinski definition) is 1. The molecule has 1 aromatic heterocycles. The summed E-state index contributed by atoms with van der Waals surface area (Å²) in [4.78, 5) is 29.2. The van der Waals surface area contributed by atoms with Crippen molar-refractivity contribution in [3.8, 4) is 0 Å². The van der Waals surface area contributed by atoms with Crippen molar-refractivity contribution >= 4 is 17.8 Å². The lowest BCUT2D eigenvalue weighted by molar-refractivity contribution is -0.137. The van der Waals surface area contributed by atoms with Crippen molar-refractivity contribution in [2.45, 2.75) is 38.7 Å². The summed E-state index contributed by atoms with van der Waals surface area (Å²) in [5.41, 5.74) is -1.59. The van der Waals surface area contributed by atoms with E-state index in [0.29, 0.717) is 6.20 Å². The van der Waals surface area contributed by atoms with Gasteiger partial charge < -0.3 is 19.7 Å². The number of nitrogens with one attached hydrogen (secondary N) is 1. The lowest BCUT2D eigenvalue weighted by Gasteiger charge is -2.33. The lowest BCUT2D eigenvalue weighted by Crippen LogP contribution is -2.51. The van der Waals surface area contributed by atoms with E-state index in [-0.39, 0.29) is 25.5 Å². The highest BCUT2D eigenvalue weighted by molar-refractivity contribution is 5.93. The van der Waals surface area contributed by atoms with Gasteiger partial charge in [0.15, 0.2) is 6.10 Å². The third-order valence-corrected chi connectivity index (χ3v) is 3.35. The number of anilines is 1. The molecule has 0 radical (unpaired) electrons. The number of rotatable bonds is 2. The Balaban J connectivity index is 1.95. The standard InChI is InChI=1S/C16H20F3N3O4/c1-15(2,3)26-14(24)22-6-7-25-11(9-22)13(23)21-12-5-4-10(8-20-12)16(17,18)19/h4-5,8,11H,6-7,9H2,1-3H3,(H,20,21,23). The zero-order valence-corrected chi connectivity index (χ0v) is 14.6. The molecule has 0 aromatic carbocycles. The number of hydrogen-bond acceptors (Lipinski definition) is 5. The molecular weight excluding hydrogens is 355 g/mol. The maximum atomic E-state index is 12.5. The van der Waals surface area contributed by atoms with E-state index in [9.17, 15) is 22.8 Å². The molecule has 1 saturated heterocycles. The van der Waals surface area contributed by atoms with E-state index in [1.165, 1.54) is 4.90 Å². The van der Waals surface area contributed by atoms with Crippen LogP contribution in [-0.2, 0) is 20.4 Å². The number of nitrogens with zero attached hydrogens (tertiary/aromatic N) is 2. The highest BCUT2D eigenvalue weighted by atomic mass is 19.4. The summed E-state index contributed by atoms with van der Waals surface area (Å²) in [6.45, 7) is 5.57. The Labute approximate surface area is 148 Å². The molecule has 1 aromatic rings. The van der Waals surface area contributed by atoms with Crippen LogP contribution in [0.1, 0.15) is 26.3 Å². The summed E-state index contributed by atoms with van der Waals surface area (Å²) in [6, 6.07) is 1.87. The normalized spacial score (nSPS) is 18.4. The van der Waals surface area contributed by atoms with Crippen LogP contribution in [-0.4, -0.2) is 53.3 Å². The number of halogens is 3. The fourth-order valence-electron chi connectivity index (χ4n) is 2.14. The Kier molecular flexibility index (Phi) is 5.74. The van der Waals surface area contributed by atoms with E-state index in [0.717, 1.165) is 12.1 Å². The Hall–Kier alpha value is -2.36. The van der Waals surface area contributed by atoms with E-state index < -0.39 is 35.4 Å². The first-order valence-electron chi connectivity index (χ1n) is 7.89. The highest BCUT2D eigenvalue weighted by Crippen LogP contribution is 2.28. The zero-order valence-electron chi connectivity index (χ0n) is 14.6. The van der Waals surface area contributed by atoms with Crippen LogP contribution < -0.4 is 5.32 Å². The van der Waals surface area contributed by atoms with E-state index in [4.69, 9.17) is 9.47 Å². The number of carbonyl (C=O) groups is 2. The summed E-state index contributed by atoms with van der Waals surface area (Å²) in [7, 11) is 0. The summed E-state index contributed by atoms with van der Waals surface area (Å²) in [6.07, 6.45) is -5.41. The van der Waals surface area contributed by atoms with Crippen molar-refractivity contribution in [2.75, 3.05) is 25.0 Å². The largest absolute Gasteiger partial charge is 0.444 e. The molecule has 2 heterocycles. The van der Waals surface area contributed by atoms with Gasteiger partial charge in [-0.05, 0) is 32.9 Å². The summed E-state index contributed by atoms with van der Waals surface area (Å²) < 4.78 is 48.1. The van der Waals surface area contributed by atoms with Gasteiger partial charge in [-0.2, -0.15) is 13.2 Å². The Bertz CT molecular complexity index is 656. The van der Waals surface area contributed by atoms with Gasteiger partial charge in [0.1, 0.15) is 11.4 Å². The quantitative estimate of drug-likeness (QED) is 0.860. The van der Waals surface area contributed by atoms with Crippen LogP contribution in [0.5, 0.6) is 0 Å². The topological polar surface area (TPSA) is 80.8 Å². The number of amides is 2. The van der Waals surface area contributed by atoms with Crippen molar-refractivity contribution in [3.05, 3.63) is 23.9 Å². The van der Waals surface area contributed by atoms with Gasteiger partial charge in [-0.1, -0.05) is 0 Å². The van der Waals surface area contributed by atoms with Gasteiger partial charge in [-0.15, -0.1) is 0 Å². The lowest BCUT2D eigenvalue weighted by atomic mass is 10.2. The Morgan fingerprint density at radius 1 is 1.31 bits per heavy atom.